The highest BCUT2D eigenvalue weighted by molar-refractivity contribution is 5.96. The number of nitrogens with one attached hydrogen (secondary N) is 2. The summed E-state index contributed by atoms with van der Waals surface area (Å²) < 4.78 is 0. The Morgan fingerprint density at radius 2 is 1.86 bits per heavy atom. The molecule has 1 heterocycles. The van der Waals surface area contributed by atoms with E-state index >= 15 is 0 Å². The molecule has 0 aromatic rings. The van der Waals surface area contributed by atoms with Gasteiger partial charge in [-0.05, 0) is 32.6 Å². The lowest BCUT2D eigenvalue weighted by Gasteiger charge is -2.44. The second kappa shape index (κ2) is 7.96. The zero-order valence-corrected chi connectivity index (χ0v) is 14.4. The number of nitrogens with zero attached hydrogens (tertiary/aromatic N) is 1. The standard InChI is InChI=1S/C14H28N4O2.ClH/c1-9(2)16-13(20)17-12(19)10(3)18-7-6-11(15)14(4,5)8-18;/h9-11H,6-8,15H2,1-5H3,(H2,16,17,19,20);1H. The number of imide groups is 1. The molecular formula is C14H29ClN4O2. The van der Waals surface area contributed by atoms with E-state index in [4.69, 9.17) is 5.73 Å². The fraction of sp³-hybridized carbons (Fsp3) is 0.857. The SMILES string of the molecule is CC(C)NC(=O)NC(=O)C(C)N1CCC(N)C(C)(C)C1.Cl. The summed E-state index contributed by atoms with van der Waals surface area (Å²) in [7, 11) is 0. The summed E-state index contributed by atoms with van der Waals surface area (Å²) in [6, 6.07) is -0.618. The molecular weight excluding hydrogens is 292 g/mol. The minimum absolute atomic E-state index is 0. The van der Waals surface area contributed by atoms with E-state index in [1.165, 1.54) is 0 Å². The Balaban J connectivity index is 0.00000400. The first-order valence-electron chi connectivity index (χ1n) is 7.24. The van der Waals surface area contributed by atoms with Gasteiger partial charge in [0.1, 0.15) is 0 Å². The molecule has 0 saturated carbocycles. The predicted octanol–water partition coefficient (Wildman–Crippen LogP) is 1.09. The van der Waals surface area contributed by atoms with Gasteiger partial charge in [-0.1, -0.05) is 13.8 Å². The molecule has 0 aliphatic carbocycles. The number of carbonyl (C=O) groups is 2. The molecule has 124 valence electrons. The Hall–Kier alpha value is -0.850. The fourth-order valence-electron chi connectivity index (χ4n) is 2.43. The second-order valence-electron chi connectivity index (χ2n) is 6.65. The maximum Gasteiger partial charge on any atom is 0.321 e. The summed E-state index contributed by atoms with van der Waals surface area (Å²) in [5.74, 6) is -0.269. The smallest absolute Gasteiger partial charge is 0.321 e. The van der Waals surface area contributed by atoms with Crippen molar-refractivity contribution >= 4 is 24.3 Å². The van der Waals surface area contributed by atoms with E-state index in [1.54, 1.807) is 0 Å². The zero-order chi connectivity index (χ0) is 15.5. The Bertz CT molecular complexity index is 374. The van der Waals surface area contributed by atoms with Crippen LogP contribution < -0.4 is 16.4 Å². The van der Waals surface area contributed by atoms with Gasteiger partial charge in [0.25, 0.3) is 0 Å². The lowest BCUT2D eigenvalue weighted by molar-refractivity contribution is -0.126. The van der Waals surface area contributed by atoms with E-state index < -0.39 is 6.03 Å². The summed E-state index contributed by atoms with van der Waals surface area (Å²) in [6.07, 6.45) is 0.864. The second-order valence-corrected chi connectivity index (χ2v) is 6.65. The summed E-state index contributed by atoms with van der Waals surface area (Å²) >= 11 is 0. The Morgan fingerprint density at radius 1 is 1.29 bits per heavy atom. The van der Waals surface area contributed by atoms with Crippen molar-refractivity contribution in [2.75, 3.05) is 13.1 Å². The number of amides is 3. The third kappa shape index (κ3) is 5.80. The number of carbonyl (C=O) groups excluding carboxylic acids is 2. The topological polar surface area (TPSA) is 87.5 Å². The van der Waals surface area contributed by atoms with Crippen molar-refractivity contribution < 1.29 is 9.59 Å². The molecule has 2 atom stereocenters. The summed E-state index contributed by atoms with van der Waals surface area (Å²) in [6.45, 7) is 11.3. The summed E-state index contributed by atoms with van der Waals surface area (Å²) in [5, 5.41) is 5.03. The summed E-state index contributed by atoms with van der Waals surface area (Å²) in [5.41, 5.74) is 6.07. The van der Waals surface area contributed by atoms with Crippen LogP contribution in [0.3, 0.4) is 0 Å². The van der Waals surface area contributed by atoms with Gasteiger partial charge >= 0.3 is 6.03 Å². The molecule has 0 aromatic heterocycles. The van der Waals surface area contributed by atoms with Crippen LogP contribution in [0.4, 0.5) is 4.79 Å². The Morgan fingerprint density at radius 3 is 2.33 bits per heavy atom. The van der Waals surface area contributed by atoms with Gasteiger partial charge in [0, 0.05) is 25.2 Å². The molecule has 1 aliphatic rings. The van der Waals surface area contributed by atoms with Crippen LogP contribution in [0.15, 0.2) is 0 Å². The van der Waals surface area contributed by atoms with Crippen molar-refractivity contribution in [3.63, 3.8) is 0 Å². The van der Waals surface area contributed by atoms with Crippen molar-refractivity contribution in [2.24, 2.45) is 11.1 Å². The van der Waals surface area contributed by atoms with Gasteiger partial charge in [0.15, 0.2) is 0 Å². The molecule has 1 rings (SSSR count). The number of urea groups is 1. The fourth-order valence-corrected chi connectivity index (χ4v) is 2.43. The zero-order valence-electron chi connectivity index (χ0n) is 13.6. The van der Waals surface area contributed by atoms with Gasteiger partial charge in [-0.25, -0.2) is 4.79 Å². The molecule has 6 nitrogen and oxygen atoms in total. The first-order valence-corrected chi connectivity index (χ1v) is 7.24. The monoisotopic (exact) mass is 320 g/mol. The van der Waals surface area contributed by atoms with Crippen LogP contribution in [0.2, 0.25) is 0 Å². The average Bonchev–Trinajstić information content (AvgIpc) is 2.30. The molecule has 0 aromatic carbocycles. The quantitative estimate of drug-likeness (QED) is 0.726. The number of likely N-dealkylation sites (tertiary alicyclic amines) is 1. The molecule has 1 fully saturated rings. The highest BCUT2D eigenvalue weighted by atomic mass is 35.5. The van der Waals surface area contributed by atoms with E-state index in [-0.39, 0.29) is 41.9 Å². The van der Waals surface area contributed by atoms with Crippen LogP contribution in [-0.4, -0.2) is 48.1 Å². The van der Waals surface area contributed by atoms with Crippen LogP contribution in [0, 0.1) is 5.41 Å². The van der Waals surface area contributed by atoms with Crippen LogP contribution in [0.1, 0.15) is 41.0 Å². The van der Waals surface area contributed by atoms with Gasteiger partial charge in [-0.15, -0.1) is 12.4 Å². The molecule has 2 unspecified atom stereocenters. The molecule has 0 bridgehead atoms. The molecule has 1 aliphatic heterocycles. The van der Waals surface area contributed by atoms with Crippen molar-refractivity contribution in [2.45, 2.75) is 59.2 Å². The molecule has 1 saturated heterocycles. The van der Waals surface area contributed by atoms with Gasteiger partial charge in [0.05, 0.1) is 6.04 Å². The molecule has 0 spiro atoms. The van der Waals surface area contributed by atoms with Crippen molar-refractivity contribution in [3.8, 4) is 0 Å². The lowest BCUT2D eigenvalue weighted by atomic mass is 9.79. The van der Waals surface area contributed by atoms with Gasteiger partial charge in [-0.2, -0.15) is 0 Å². The number of hydrogen-bond acceptors (Lipinski definition) is 4. The van der Waals surface area contributed by atoms with Crippen LogP contribution in [0.5, 0.6) is 0 Å². The third-order valence-electron chi connectivity index (χ3n) is 3.93. The van der Waals surface area contributed by atoms with E-state index in [2.05, 4.69) is 29.4 Å². The normalized spacial score (nSPS) is 23.1. The average molecular weight is 321 g/mol. The third-order valence-corrected chi connectivity index (χ3v) is 3.93. The van der Waals surface area contributed by atoms with E-state index in [0.717, 1.165) is 19.5 Å². The minimum atomic E-state index is -0.440. The largest absolute Gasteiger partial charge is 0.336 e. The number of rotatable bonds is 3. The van der Waals surface area contributed by atoms with E-state index in [0.29, 0.717) is 0 Å². The highest BCUT2D eigenvalue weighted by Crippen LogP contribution is 2.28. The molecule has 7 heteroatoms. The number of halogens is 1. The van der Waals surface area contributed by atoms with Crippen molar-refractivity contribution in [1.29, 1.82) is 0 Å². The molecule has 21 heavy (non-hydrogen) atoms. The van der Waals surface area contributed by atoms with Crippen LogP contribution in [0.25, 0.3) is 0 Å². The Labute approximate surface area is 133 Å². The van der Waals surface area contributed by atoms with Crippen LogP contribution in [-0.2, 0) is 4.79 Å². The van der Waals surface area contributed by atoms with Gasteiger partial charge in [-0.3, -0.25) is 15.0 Å². The number of hydrogen-bond donors (Lipinski definition) is 3. The predicted molar refractivity (Wildman–Crippen MR) is 86.5 cm³/mol. The van der Waals surface area contributed by atoms with Gasteiger partial charge < -0.3 is 11.1 Å². The van der Waals surface area contributed by atoms with E-state index in [1.807, 2.05) is 20.8 Å². The number of piperidine rings is 1. The molecule has 4 N–H and O–H groups in total. The lowest BCUT2D eigenvalue weighted by Crippen LogP contribution is -2.58. The maximum atomic E-state index is 12.1. The van der Waals surface area contributed by atoms with Gasteiger partial charge in [0.2, 0.25) is 5.91 Å². The first kappa shape index (κ1) is 20.1. The summed E-state index contributed by atoms with van der Waals surface area (Å²) in [4.78, 5) is 25.7. The highest BCUT2D eigenvalue weighted by Gasteiger charge is 2.36. The van der Waals surface area contributed by atoms with Crippen molar-refractivity contribution in [3.05, 3.63) is 0 Å². The van der Waals surface area contributed by atoms with E-state index in [9.17, 15) is 9.59 Å². The van der Waals surface area contributed by atoms with Crippen LogP contribution >= 0.6 is 12.4 Å². The number of nitrogens with two attached hydrogens (primary N) is 1. The molecule has 0 radical (unpaired) electrons. The Kier molecular flexibility index (Phi) is 7.64. The maximum absolute atomic E-state index is 12.1. The van der Waals surface area contributed by atoms with Crippen molar-refractivity contribution in [1.82, 2.24) is 15.5 Å². The first-order chi connectivity index (χ1) is 9.13. The molecule has 3 amide bonds. The minimum Gasteiger partial charge on any atom is -0.336 e.